The first kappa shape index (κ1) is 20.3. The first-order valence-corrected chi connectivity index (χ1v) is 10.8. The Morgan fingerprint density at radius 1 is 1.10 bits per heavy atom. The second kappa shape index (κ2) is 9.23. The second-order valence-electron chi connectivity index (χ2n) is 6.37. The first-order chi connectivity index (χ1) is 14.6. The maximum Gasteiger partial charge on any atom is 0.267 e. The Kier molecular flexibility index (Phi) is 6.25. The van der Waals surface area contributed by atoms with E-state index in [0.29, 0.717) is 17.4 Å². The highest BCUT2D eigenvalue weighted by Crippen LogP contribution is 2.31. The minimum absolute atomic E-state index is 0.112. The monoisotopic (exact) mass is 483 g/mol. The van der Waals surface area contributed by atoms with Crippen molar-refractivity contribution in [3.63, 3.8) is 0 Å². The smallest absolute Gasteiger partial charge is 0.267 e. The highest BCUT2D eigenvalue weighted by atomic mass is 79.9. The van der Waals surface area contributed by atoms with Crippen molar-refractivity contribution >= 4 is 48.5 Å². The quantitative estimate of drug-likeness (QED) is 0.366. The number of ether oxygens (including phenoxy) is 2. The molecule has 2 aromatic carbocycles. The fourth-order valence-electron chi connectivity index (χ4n) is 2.81. The SMILES string of the molecule is COc1ccc(OCC(=O)N(Cc2ccccn2)c2nc3ccc(Br)cc3s2)cc1. The summed E-state index contributed by atoms with van der Waals surface area (Å²) in [6.45, 7) is 0.200. The number of amides is 1. The van der Waals surface area contributed by atoms with Crippen LogP contribution in [0.1, 0.15) is 5.69 Å². The number of hydrogen-bond acceptors (Lipinski definition) is 6. The van der Waals surface area contributed by atoms with Gasteiger partial charge in [-0.15, -0.1) is 0 Å². The standard InChI is InChI=1S/C22H18BrN3O3S/c1-28-17-6-8-18(9-7-17)29-14-21(27)26(13-16-4-2-3-11-24-16)22-25-19-10-5-15(23)12-20(19)30-22/h2-12H,13-14H2,1H3. The molecule has 0 saturated heterocycles. The third kappa shape index (κ3) is 4.77. The van der Waals surface area contributed by atoms with Crippen LogP contribution in [0.3, 0.4) is 0 Å². The lowest BCUT2D eigenvalue weighted by atomic mass is 10.3. The van der Waals surface area contributed by atoms with Crippen LogP contribution in [0.2, 0.25) is 0 Å². The number of thiazole rings is 1. The van der Waals surface area contributed by atoms with E-state index in [1.807, 2.05) is 36.4 Å². The summed E-state index contributed by atoms with van der Waals surface area (Å²) in [6, 6.07) is 18.6. The van der Waals surface area contributed by atoms with Gasteiger partial charge in [0.25, 0.3) is 5.91 Å². The van der Waals surface area contributed by atoms with Crippen LogP contribution in [0.15, 0.2) is 71.3 Å². The molecule has 0 bridgehead atoms. The average molecular weight is 484 g/mol. The van der Waals surface area contributed by atoms with Crippen LogP contribution in [-0.4, -0.2) is 29.6 Å². The normalized spacial score (nSPS) is 10.7. The Morgan fingerprint density at radius 2 is 1.90 bits per heavy atom. The number of pyridine rings is 1. The summed E-state index contributed by atoms with van der Waals surface area (Å²) in [7, 11) is 1.60. The Morgan fingerprint density at radius 3 is 2.63 bits per heavy atom. The molecule has 4 aromatic rings. The van der Waals surface area contributed by atoms with E-state index in [-0.39, 0.29) is 12.5 Å². The van der Waals surface area contributed by atoms with E-state index in [4.69, 9.17) is 9.47 Å². The summed E-state index contributed by atoms with van der Waals surface area (Å²) in [5, 5.41) is 0.608. The fraction of sp³-hybridized carbons (Fsp3) is 0.136. The van der Waals surface area contributed by atoms with Crippen LogP contribution < -0.4 is 14.4 Å². The van der Waals surface area contributed by atoms with Crippen LogP contribution in [0.25, 0.3) is 10.2 Å². The largest absolute Gasteiger partial charge is 0.497 e. The molecular formula is C22H18BrN3O3S. The van der Waals surface area contributed by atoms with Crippen molar-refractivity contribution in [1.82, 2.24) is 9.97 Å². The molecule has 0 aliphatic rings. The molecule has 0 unspecified atom stereocenters. The molecule has 0 aliphatic heterocycles. The lowest BCUT2D eigenvalue weighted by Crippen LogP contribution is -2.34. The predicted molar refractivity (Wildman–Crippen MR) is 121 cm³/mol. The topological polar surface area (TPSA) is 64.6 Å². The maximum absolute atomic E-state index is 13.1. The van der Waals surface area contributed by atoms with Crippen molar-refractivity contribution in [3.05, 3.63) is 77.0 Å². The molecule has 1 amide bonds. The van der Waals surface area contributed by atoms with Gasteiger partial charge < -0.3 is 9.47 Å². The number of anilines is 1. The van der Waals surface area contributed by atoms with Gasteiger partial charge in [0.15, 0.2) is 11.7 Å². The Balaban J connectivity index is 1.57. The minimum Gasteiger partial charge on any atom is -0.497 e. The molecule has 0 saturated carbocycles. The van der Waals surface area contributed by atoms with E-state index in [2.05, 4.69) is 25.9 Å². The summed E-state index contributed by atoms with van der Waals surface area (Å²) in [5.41, 5.74) is 1.61. The van der Waals surface area contributed by atoms with Crippen molar-refractivity contribution in [2.24, 2.45) is 0 Å². The van der Waals surface area contributed by atoms with Gasteiger partial charge in [-0.3, -0.25) is 14.7 Å². The number of fused-ring (bicyclic) bond motifs is 1. The number of carbonyl (C=O) groups excluding carboxylic acids is 1. The molecule has 4 rings (SSSR count). The van der Waals surface area contributed by atoms with Crippen molar-refractivity contribution in [2.75, 3.05) is 18.6 Å². The predicted octanol–water partition coefficient (Wildman–Crippen LogP) is 5.07. The van der Waals surface area contributed by atoms with Crippen LogP contribution in [0, 0.1) is 0 Å². The molecule has 8 heteroatoms. The van der Waals surface area contributed by atoms with Gasteiger partial charge in [-0.05, 0) is 54.6 Å². The summed E-state index contributed by atoms with van der Waals surface area (Å²) in [5.74, 6) is 1.12. The molecule has 6 nitrogen and oxygen atoms in total. The van der Waals surface area contributed by atoms with Crippen LogP contribution in [-0.2, 0) is 11.3 Å². The van der Waals surface area contributed by atoms with Gasteiger partial charge in [0, 0.05) is 10.7 Å². The van der Waals surface area contributed by atoms with E-state index in [1.54, 1.807) is 42.5 Å². The number of carbonyl (C=O) groups is 1. The molecular weight excluding hydrogens is 466 g/mol. The molecule has 0 aliphatic carbocycles. The molecule has 0 atom stereocenters. The highest BCUT2D eigenvalue weighted by Gasteiger charge is 2.21. The van der Waals surface area contributed by atoms with Gasteiger partial charge in [0.05, 0.1) is 29.6 Å². The Labute approximate surface area is 186 Å². The fourth-order valence-corrected chi connectivity index (χ4v) is 4.35. The first-order valence-electron chi connectivity index (χ1n) is 9.15. The van der Waals surface area contributed by atoms with Gasteiger partial charge in [-0.1, -0.05) is 33.3 Å². The van der Waals surface area contributed by atoms with E-state index in [1.165, 1.54) is 11.3 Å². The number of aromatic nitrogens is 2. The molecule has 30 heavy (non-hydrogen) atoms. The van der Waals surface area contributed by atoms with Gasteiger partial charge in [0.1, 0.15) is 11.5 Å². The van der Waals surface area contributed by atoms with Crippen molar-refractivity contribution < 1.29 is 14.3 Å². The molecule has 0 spiro atoms. The minimum atomic E-state index is -0.199. The number of nitrogens with zero attached hydrogens (tertiary/aromatic N) is 3. The Bertz CT molecular complexity index is 1150. The van der Waals surface area contributed by atoms with E-state index >= 15 is 0 Å². The van der Waals surface area contributed by atoms with Gasteiger partial charge in [0.2, 0.25) is 0 Å². The zero-order valence-corrected chi connectivity index (χ0v) is 18.5. The number of halogens is 1. The highest BCUT2D eigenvalue weighted by molar-refractivity contribution is 9.10. The number of benzene rings is 2. The van der Waals surface area contributed by atoms with E-state index in [0.717, 1.165) is 26.1 Å². The zero-order valence-electron chi connectivity index (χ0n) is 16.1. The molecule has 152 valence electrons. The average Bonchev–Trinajstić information content (AvgIpc) is 3.19. The van der Waals surface area contributed by atoms with Crippen LogP contribution in [0.5, 0.6) is 11.5 Å². The van der Waals surface area contributed by atoms with Gasteiger partial charge >= 0.3 is 0 Å². The molecule has 2 aromatic heterocycles. The molecule has 0 fully saturated rings. The lowest BCUT2D eigenvalue weighted by molar-refractivity contribution is -0.120. The third-order valence-corrected chi connectivity index (χ3v) is 5.87. The van der Waals surface area contributed by atoms with Gasteiger partial charge in [-0.2, -0.15) is 0 Å². The maximum atomic E-state index is 13.1. The molecule has 0 radical (unpaired) electrons. The number of rotatable bonds is 7. The van der Waals surface area contributed by atoms with E-state index < -0.39 is 0 Å². The summed E-state index contributed by atoms with van der Waals surface area (Å²) in [6.07, 6.45) is 1.71. The summed E-state index contributed by atoms with van der Waals surface area (Å²) in [4.78, 5) is 23.7. The van der Waals surface area contributed by atoms with E-state index in [9.17, 15) is 4.79 Å². The second-order valence-corrected chi connectivity index (χ2v) is 8.30. The zero-order chi connectivity index (χ0) is 20.9. The molecule has 2 heterocycles. The van der Waals surface area contributed by atoms with Crippen molar-refractivity contribution in [1.29, 1.82) is 0 Å². The number of hydrogen-bond donors (Lipinski definition) is 0. The number of methoxy groups -OCH3 is 1. The molecule has 0 N–H and O–H groups in total. The van der Waals surface area contributed by atoms with Crippen molar-refractivity contribution in [3.8, 4) is 11.5 Å². The van der Waals surface area contributed by atoms with Crippen LogP contribution in [0.4, 0.5) is 5.13 Å². The Hall–Kier alpha value is -2.97. The van der Waals surface area contributed by atoms with Crippen LogP contribution >= 0.6 is 27.3 Å². The summed E-state index contributed by atoms with van der Waals surface area (Å²) < 4.78 is 12.8. The summed E-state index contributed by atoms with van der Waals surface area (Å²) >= 11 is 4.94. The third-order valence-electron chi connectivity index (χ3n) is 4.34. The van der Waals surface area contributed by atoms with Gasteiger partial charge in [-0.25, -0.2) is 4.98 Å². The van der Waals surface area contributed by atoms with Crippen molar-refractivity contribution in [2.45, 2.75) is 6.54 Å². The lowest BCUT2D eigenvalue weighted by Gasteiger charge is -2.19.